The highest BCUT2D eigenvalue weighted by Crippen LogP contribution is 2.43. The Morgan fingerprint density at radius 1 is 0.348 bits per heavy atom. The van der Waals surface area contributed by atoms with E-state index in [0.29, 0.717) is 6.42 Å². The van der Waals surface area contributed by atoms with Crippen LogP contribution in [0.3, 0.4) is 0 Å². The molecule has 0 aliphatic heterocycles. The number of carbonyl (C=O) groups excluding carboxylic acids is 2. The second kappa shape index (κ2) is 74.5. The topological polar surface area (TPSA) is 134 Å². The van der Waals surface area contributed by atoms with Crippen LogP contribution in [-0.4, -0.2) is 49.3 Å². The molecular weight excluding hydrogens is 1120 g/mol. The summed E-state index contributed by atoms with van der Waals surface area (Å²) in [6.45, 7) is 3.69. The number of unbranched alkanes of at least 4 members (excludes halogenated alkanes) is 48. The Balaban J connectivity index is 3.78. The van der Waals surface area contributed by atoms with Crippen molar-refractivity contribution in [2.45, 2.75) is 392 Å². The molecule has 0 fully saturated rings. The number of phosphoric acid groups is 1. The van der Waals surface area contributed by atoms with Crippen LogP contribution in [0.4, 0.5) is 0 Å². The molecule has 520 valence electrons. The summed E-state index contributed by atoms with van der Waals surface area (Å²) < 4.78 is 33.3. The molecule has 3 N–H and O–H groups in total. The van der Waals surface area contributed by atoms with Gasteiger partial charge in [0.2, 0.25) is 0 Å². The highest BCUT2D eigenvalue weighted by Gasteiger charge is 2.26. The van der Waals surface area contributed by atoms with Gasteiger partial charge in [-0.1, -0.05) is 363 Å². The second-order valence-corrected chi connectivity index (χ2v) is 27.3. The van der Waals surface area contributed by atoms with E-state index in [-0.39, 0.29) is 38.6 Å². The van der Waals surface area contributed by atoms with Crippen LogP contribution in [0.5, 0.6) is 0 Å². The maximum atomic E-state index is 12.8. The molecule has 0 saturated carbocycles. The first-order chi connectivity index (χ1) is 43.8. The second-order valence-electron chi connectivity index (χ2n) is 25.8. The molecular formula is C79H146NO8P. The van der Waals surface area contributed by atoms with Gasteiger partial charge in [-0.25, -0.2) is 4.57 Å². The van der Waals surface area contributed by atoms with E-state index in [1.54, 1.807) is 0 Å². The summed E-state index contributed by atoms with van der Waals surface area (Å²) in [7, 11) is -4.39. The van der Waals surface area contributed by atoms with Crippen LogP contribution in [0.2, 0.25) is 0 Å². The van der Waals surface area contributed by atoms with Crippen LogP contribution in [-0.2, 0) is 32.7 Å². The van der Waals surface area contributed by atoms with E-state index < -0.39 is 26.5 Å². The Kier molecular flexibility index (Phi) is 72.4. The Bertz CT molecular complexity index is 1690. The van der Waals surface area contributed by atoms with Gasteiger partial charge in [-0.15, -0.1) is 0 Å². The molecule has 0 aromatic rings. The summed E-state index contributed by atoms with van der Waals surface area (Å²) in [5, 5.41) is 0. The number of ether oxygens (including phenoxy) is 2. The maximum absolute atomic E-state index is 12.8. The van der Waals surface area contributed by atoms with Crippen LogP contribution in [0.15, 0.2) is 72.9 Å². The van der Waals surface area contributed by atoms with Crippen molar-refractivity contribution in [1.29, 1.82) is 0 Å². The molecule has 0 saturated heterocycles. The molecule has 0 bridgehead atoms. The minimum Gasteiger partial charge on any atom is -0.462 e. The molecule has 10 heteroatoms. The normalized spacial score (nSPS) is 13.3. The van der Waals surface area contributed by atoms with Crippen LogP contribution in [0.1, 0.15) is 386 Å². The summed E-state index contributed by atoms with van der Waals surface area (Å²) in [5.74, 6) is -0.806. The number of hydrogen-bond donors (Lipinski definition) is 2. The highest BCUT2D eigenvalue weighted by atomic mass is 31.2. The number of carbonyl (C=O) groups is 2. The SMILES string of the molecule is CC/C=C\C/C=C\C/C=C\C/C=C\CCCCCCCCCCCCCCCCCCCCCCCCC(=O)OC(COC(=O)CCCCCCCCCCCCCCCCCCCCCCC/C=C\C/C=C\CCCCCCC)COP(=O)(O)OCCN. The molecule has 0 aliphatic rings. The van der Waals surface area contributed by atoms with Crippen molar-refractivity contribution in [3.05, 3.63) is 72.9 Å². The van der Waals surface area contributed by atoms with Gasteiger partial charge in [-0.3, -0.25) is 18.6 Å². The first-order valence-corrected chi connectivity index (χ1v) is 39.9. The third kappa shape index (κ3) is 74.4. The standard InChI is InChI=1S/C79H146NO8P/c1-3-5-7-9-11-13-15-17-19-21-23-25-27-29-31-33-35-37-38-40-42-44-46-48-50-52-54-56-58-60-62-64-66-68-70-72-79(82)88-77(76-87-89(83,84)86-74-73-80)75-85-78(81)71-69-67-65-63-61-59-57-55-53-51-49-47-45-43-41-39-36-34-32-30-28-26-24-22-20-18-16-14-12-10-8-6-4-2/h5,7,11,13,16-19,22-25,77H,3-4,6,8-10,12,14-15,20-21,26-76,80H2,1-2H3,(H,83,84)/b7-5-,13-11-,18-16-,19-17-,24-22-,25-23-. The summed E-state index contributed by atoms with van der Waals surface area (Å²) in [6, 6.07) is 0. The van der Waals surface area contributed by atoms with Gasteiger partial charge in [-0.2, -0.15) is 0 Å². The van der Waals surface area contributed by atoms with E-state index >= 15 is 0 Å². The fourth-order valence-corrected chi connectivity index (χ4v) is 12.2. The highest BCUT2D eigenvalue weighted by molar-refractivity contribution is 7.47. The molecule has 2 atom stereocenters. The van der Waals surface area contributed by atoms with Crippen molar-refractivity contribution in [2.24, 2.45) is 5.73 Å². The van der Waals surface area contributed by atoms with Crippen LogP contribution >= 0.6 is 7.82 Å². The van der Waals surface area contributed by atoms with E-state index in [9.17, 15) is 19.0 Å². The van der Waals surface area contributed by atoms with Crippen molar-refractivity contribution in [3.8, 4) is 0 Å². The van der Waals surface area contributed by atoms with Crippen molar-refractivity contribution < 1.29 is 37.6 Å². The number of nitrogens with two attached hydrogens (primary N) is 1. The lowest BCUT2D eigenvalue weighted by molar-refractivity contribution is -0.161. The fourth-order valence-electron chi connectivity index (χ4n) is 11.4. The smallest absolute Gasteiger partial charge is 0.462 e. The Hall–Kier alpha value is -2.55. The molecule has 2 unspecified atom stereocenters. The number of phosphoric ester groups is 1. The fraction of sp³-hybridized carbons (Fsp3) is 0.823. The van der Waals surface area contributed by atoms with Gasteiger partial charge >= 0.3 is 19.8 Å². The molecule has 0 amide bonds. The minimum absolute atomic E-state index is 0.0547. The van der Waals surface area contributed by atoms with Crippen LogP contribution in [0.25, 0.3) is 0 Å². The zero-order valence-corrected chi connectivity index (χ0v) is 59.6. The van der Waals surface area contributed by atoms with Gasteiger partial charge in [-0.05, 0) is 83.5 Å². The molecule has 0 spiro atoms. The number of hydrogen-bond acceptors (Lipinski definition) is 8. The van der Waals surface area contributed by atoms with E-state index in [1.807, 2.05) is 0 Å². The van der Waals surface area contributed by atoms with Gasteiger partial charge in [0.15, 0.2) is 6.10 Å². The number of rotatable bonds is 73. The molecule has 0 aromatic carbocycles. The summed E-state index contributed by atoms with van der Waals surface area (Å²) in [5.41, 5.74) is 5.41. The quantitative estimate of drug-likeness (QED) is 0.0264. The zero-order chi connectivity index (χ0) is 64.4. The molecule has 0 heterocycles. The molecule has 89 heavy (non-hydrogen) atoms. The summed E-state index contributed by atoms with van der Waals surface area (Å²) >= 11 is 0. The average molecular weight is 1270 g/mol. The Morgan fingerprint density at radius 3 is 0.921 bits per heavy atom. The van der Waals surface area contributed by atoms with Crippen molar-refractivity contribution in [3.63, 3.8) is 0 Å². The van der Waals surface area contributed by atoms with Gasteiger partial charge in [0, 0.05) is 19.4 Å². The predicted octanol–water partition coefficient (Wildman–Crippen LogP) is 25.5. The lowest BCUT2D eigenvalue weighted by Crippen LogP contribution is -2.29. The maximum Gasteiger partial charge on any atom is 0.472 e. The first-order valence-electron chi connectivity index (χ1n) is 38.4. The molecule has 9 nitrogen and oxygen atoms in total. The minimum atomic E-state index is -4.39. The largest absolute Gasteiger partial charge is 0.472 e. The number of esters is 2. The molecule has 0 radical (unpaired) electrons. The monoisotopic (exact) mass is 1270 g/mol. The van der Waals surface area contributed by atoms with Crippen LogP contribution < -0.4 is 5.73 Å². The average Bonchev–Trinajstić information content (AvgIpc) is 3.66. The summed E-state index contributed by atoms with van der Waals surface area (Å²) in [6.07, 6.45) is 98.9. The van der Waals surface area contributed by atoms with Gasteiger partial charge in [0.25, 0.3) is 0 Å². The van der Waals surface area contributed by atoms with Crippen LogP contribution in [0, 0.1) is 0 Å². The van der Waals surface area contributed by atoms with Crippen molar-refractivity contribution in [1.82, 2.24) is 0 Å². The third-order valence-electron chi connectivity index (χ3n) is 17.1. The molecule has 0 aromatic heterocycles. The van der Waals surface area contributed by atoms with E-state index in [2.05, 4.69) is 86.8 Å². The lowest BCUT2D eigenvalue weighted by atomic mass is 10.0. The molecule has 0 aliphatic carbocycles. The predicted molar refractivity (Wildman–Crippen MR) is 386 cm³/mol. The van der Waals surface area contributed by atoms with Crippen molar-refractivity contribution >= 4 is 19.8 Å². The van der Waals surface area contributed by atoms with E-state index in [1.165, 1.54) is 289 Å². The Labute approximate surface area is 552 Å². The van der Waals surface area contributed by atoms with E-state index in [0.717, 1.165) is 64.2 Å². The zero-order valence-electron chi connectivity index (χ0n) is 58.7. The van der Waals surface area contributed by atoms with Gasteiger partial charge in [0.1, 0.15) is 6.61 Å². The van der Waals surface area contributed by atoms with Gasteiger partial charge in [0.05, 0.1) is 13.2 Å². The lowest BCUT2D eigenvalue weighted by Gasteiger charge is -2.19. The van der Waals surface area contributed by atoms with E-state index in [4.69, 9.17) is 24.3 Å². The Morgan fingerprint density at radius 2 is 0.618 bits per heavy atom. The molecule has 0 rings (SSSR count). The number of allylic oxidation sites excluding steroid dienone is 12. The van der Waals surface area contributed by atoms with Crippen molar-refractivity contribution in [2.75, 3.05) is 26.4 Å². The van der Waals surface area contributed by atoms with Gasteiger partial charge < -0.3 is 20.1 Å². The third-order valence-corrected chi connectivity index (χ3v) is 18.1. The first kappa shape index (κ1) is 86.5. The summed E-state index contributed by atoms with van der Waals surface area (Å²) in [4.78, 5) is 35.4.